The minimum atomic E-state index is 0.0105. The van der Waals surface area contributed by atoms with E-state index in [1.807, 2.05) is 0 Å². The second-order valence-electron chi connectivity index (χ2n) is 6.36. The van der Waals surface area contributed by atoms with Crippen LogP contribution in [0.5, 0.6) is 0 Å². The molecule has 0 N–H and O–H groups in total. The van der Waals surface area contributed by atoms with Gasteiger partial charge in [0.05, 0.1) is 13.2 Å². The zero-order valence-corrected chi connectivity index (χ0v) is 12.4. The molecule has 2 bridgehead atoms. The molecule has 3 heterocycles. The molecule has 1 aromatic carbocycles. The molecule has 4 rings (SSSR count). The van der Waals surface area contributed by atoms with Gasteiger partial charge in [0.2, 0.25) is 0 Å². The Labute approximate surface area is 126 Å². The van der Waals surface area contributed by atoms with Gasteiger partial charge < -0.3 is 9.47 Å². The summed E-state index contributed by atoms with van der Waals surface area (Å²) in [6.07, 6.45) is 7.27. The molecule has 2 saturated heterocycles. The quantitative estimate of drug-likeness (QED) is 0.793. The zero-order chi connectivity index (χ0) is 14.1. The van der Waals surface area contributed by atoms with Crippen molar-refractivity contribution >= 4 is 0 Å². The third kappa shape index (κ3) is 2.91. The van der Waals surface area contributed by atoms with E-state index in [2.05, 4.69) is 41.3 Å². The SMILES string of the molecule is C1=C(CC2OCCO2)CC2CCC1N2Cc1ccccc1. The fourth-order valence-electron chi connectivity index (χ4n) is 3.94. The highest BCUT2D eigenvalue weighted by atomic mass is 16.7. The molecule has 2 fully saturated rings. The maximum absolute atomic E-state index is 5.59. The highest BCUT2D eigenvalue weighted by molar-refractivity contribution is 5.21. The first-order chi connectivity index (χ1) is 10.4. The number of rotatable bonds is 4. The van der Waals surface area contributed by atoms with Gasteiger partial charge >= 0.3 is 0 Å². The summed E-state index contributed by atoms with van der Waals surface area (Å²) in [5.74, 6) is 0. The fraction of sp³-hybridized carbons (Fsp3) is 0.556. The second-order valence-corrected chi connectivity index (χ2v) is 6.36. The van der Waals surface area contributed by atoms with Crippen LogP contribution in [0.1, 0.15) is 31.2 Å². The van der Waals surface area contributed by atoms with Crippen molar-refractivity contribution in [2.45, 2.75) is 50.6 Å². The lowest BCUT2D eigenvalue weighted by atomic mass is 9.97. The van der Waals surface area contributed by atoms with Crippen molar-refractivity contribution < 1.29 is 9.47 Å². The van der Waals surface area contributed by atoms with E-state index >= 15 is 0 Å². The van der Waals surface area contributed by atoms with Crippen LogP contribution in [-0.4, -0.2) is 36.5 Å². The standard InChI is InChI=1S/C18H23NO2/c1-2-4-14(5-3-1)13-19-16-6-7-17(19)11-15(10-16)12-18-20-8-9-21-18/h1-5,10,16-18H,6-9,11-13H2. The summed E-state index contributed by atoms with van der Waals surface area (Å²) >= 11 is 0. The molecular formula is C18H23NO2. The molecule has 3 aliphatic heterocycles. The maximum atomic E-state index is 5.59. The predicted molar refractivity (Wildman–Crippen MR) is 81.8 cm³/mol. The van der Waals surface area contributed by atoms with Gasteiger partial charge in [-0.25, -0.2) is 0 Å². The third-order valence-corrected chi connectivity index (χ3v) is 4.94. The lowest BCUT2D eigenvalue weighted by Gasteiger charge is -2.34. The van der Waals surface area contributed by atoms with Gasteiger partial charge in [-0.05, 0) is 24.8 Å². The van der Waals surface area contributed by atoms with E-state index in [0.29, 0.717) is 12.1 Å². The summed E-state index contributed by atoms with van der Waals surface area (Å²) in [6.45, 7) is 2.59. The zero-order valence-electron chi connectivity index (χ0n) is 12.4. The number of hydrogen-bond donors (Lipinski definition) is 0. The van der Waals surface area contributed by atoms with E-state index in [1.54, 1.807) is 5.57 Å². The molecule has 0 amide bonds. The van der Waals surface area contributed by atoms with Crippen LogP contribution in [0.15, 0.2) is 42.0 Å². The fourth-order valence-corrected chi connectivity index (χ4v) is 3.94. The van der Waals surface area contributed by atoms with Gasteiger partial charge in [-0.15, -0.1) is 0 Å². The number of ether oxygens (including phenoxy) is 2. The Bertz CT molecular complexity index is 507. The lowest BCUT2D eigenvalue weighted by molar-refractivity contribution is -0.0412. The van der Waals surface area contributed by atoms with Crippen LogP contribution >= 0.6 is 0 Å². The lowest BCUT2D eigenvalue weighted by Crippen LogP contribution is -2.38. The first-order valence-electron chi connectivity index (χ1n) is 8.11. The van der Waals surface area contributed by atoms with Crippen LogP contribution in [0.25, 0.3) is 0 Å². The molecule has 21 heavy (non-hydrogen) atoms. The minimum absolute atomic E-state index is 0.0105. The largest absolute Gasteiger partial charge is 0.350 e. The second kappa shape index (κ2) is 5.91. The summed E-state index contributed by atoms with van der Waals surface area (Å²) in [7, 11) is 0. The Balaban J connectivity index is 1.43. The average molecular weight is 285 g/mol. The first-order valence-corrected chi connectivity index (χ1v) is 8.11. The molecule has 112 valence electrons. The molecule has 1 aromatic rings. The Hall–Kier alpha value is -1.16. The summed E-state index contributed by atoms with van der Waals surface area (Å²) in [5.41, 5.74) is 2.97. The number of fused-ring (bicyclic) bond motifs is 2. The molecule has 0 saturated carbocycles. The molecule has 3 heteroatoms. The van der Waals surface area contributed by atoms with Gasteiger partial charge in [0.25, 0.3) is 0 Å². The van der Waals surface area contributed by atoms with E-state index in [-0.39, 0.29) is 6.29 Å². The average Bonchev–Trinajstić information content (AvgIpc) is 3.07. The number of hydrogen-bond acceptors (Lipinski definition) is 3. The van der Waals surface area contributed by atoms with Crippen molar-refractivity contribution in [2.24, 2.45) is 0 Å². The Morgan fingerprint density at radius 3 is 2.62 bits per heavy atom. The van der Waals surface area contributed by atoms with Crippen LogP contribution in [0, 0.1) is 0 Å². The predicted octanol–water partition coefficient (Wildman–Crippen LogP) is 3.11. The molecule has 2 atom stereocenters. The van der Waals surface area contributed by atoms with Gasteiger partial charge in [-0.1, -0.05) is 42.0 Å². The molecule has 0 aromatic heterocycles. The van der Waals surface area contributed by atoms with Crippen molar-refractivity contribution in [3.63, 3.8) is 0 Å². The summed E-state index contributed by atoms with van der Waals surface area (Å²) < 4.78 is 11.2. The Morgan fingerprint density at radius 1 is 1.05 bits per heavy atom. The van der Waals surface area contributed by atoms with Crippen molar-refractivity contribution in [3.8, 4) is 0 Å². The molecule has 3 aliphatic rings. The van der Waals surface area contributed by atoms with E-state index in [1.165, 1.54) is 24.8 Å². The van der Waals surface area contributed by atoms with Crippen molar-refractivity contribution in [1.29, 1.82) is 0 Å². The normalized spacial score (nSPS) is 29.8. The van der Waals surface area contributed by atoms with Crippen molar-refractivity contribution in [2.75, 3.05) is 13.2 Å². The van der Waals surface area contributed by atoms with E-state index in [9.17, 15) is 0 Å². The van der Waals surface area contributed by atoms with E-state index in [4.69, 9.17) is 9.47 Å². The van der Waals surface area contributed by atoms with Crippen LogP contribution in [0.2, 0.25) is 0 Å². The van der Waals surface area contributed by atoms with Crippen LogP contribution in [-0.2, 0) is 16.0 Å². The molecule has 3 nitrogen and oxygen atoms in total. The monoisotopic (exact) mass is 285 g/mol. The highest BCUT2D eigenvalue weighted by Gasteiger charge is 2.36. The topological polar surface area (TPSA) is 21.7 Å². The number of benzene rings is 1. The van der Waals surface area contributed by atoms with Crippen LogP contribution in [0.3, 0.4) is 0 Å². The van der Waals surface area contributed by atoms with E-state index in [0.717, 1.165) is 26.2 Å². The van der Waals surface area contributed by atoms with Crippen molar-refractivity contribution in [1.82, 2.24) is 4.90 Å². The first kappa shape index (κ1) is 13.5. The summed E-state index contributed by atoms with van der Waals surface area (Å²) in [6, 6.07) is 12.2. The van der Waals surface area contributed by atoms with Crippen LogP contribution in [0.4, 0.5) is 0 Å². The Morgan fingerprint density at radius 2 is 1.86 bits per heavy atom. The molecule has 0 spiro atoms. The smallest absolute Gasteiger partial charge is 0.161 e. The number of nitrogens with zero attached hydrogens (tertiary/aromatic N) is 1. The van der Waals surface area contributed by atoms with Gasteiger partial charge in [0.15, 0.2) is 6.29 Å². The summed E-state index contributed by atoms with van der Waals surface area (Å²) in [4.78, 5) is 2.68. The molecular weight excluding hydrogens is 262 g/mol. The van der Waals surface area contributed by atoms with Gasteiger partial charge in [0.1, 0.15) is 0 Å². The maximum Gasteiger partial charge on any atom is 0.161 e. The molecule has 2 unspecified atom stereocenters. The minimum Gasteiger partial charge on any atom is -0.350 e. The van der Waals surface area contributed by atoms with E-state index < -0.39 is 0 Å². The molecule has 0 aliphatic carbocycles. The van der Waals surface area contributed by atoms with Gasteiger partial charge in [-0.3, -0.25) is 4.90 Å². The van der Waals surface area contributed by atoms with Gasteiger partial charge in [-0.2, -0.15) is 0 Å². The van der Waals surface area contributed by atoms with Crippen LogP contribution < -0.4 is 0 Å². The van der Waals surface area contributed by atoms with Gasteiger partial charge in [0, 0.05) is 25.0 Å². The third-order valence-electron chi connectivity index (χ3n) is 4.94. The molecule has 0 radical (unpaired) electrons. The summed E-state index contributed by atoms with van der Waals surface area (Å²) in [5, 5.41) is 0. The highest BCUT2D eigenvalue weighted by Crippen LogP contribution is 2.37. The van der Waals surface area contributed by atoms with Crippen molar-refractivity contribution in [3.05, 3.63) is 47.5 Å². The Kier molecular flexibility index (Phi) is 3.80.